The summed E-state index contributed by atoms with van der Waals surface area (Å²) in [5, 5.41) is 2.95. The molecule has 0 fully saturated rings. The highest BCUT2D eigenvalue weighted by Crippen LogP contribution is 1.93. The first-order valence-corrected chi connectivity index (χ1v) is 6.42. The highest BCUT2D eigenvalue weighted by atomic mass is 127. The maximum absolute atomic E-state index is 11.4. The van der Waals surface area contributed by atoms with Gasteiger partial charge in [0, 0.05) is 39.0 Å². The second-order valence-electron chi connectivity index (χ2n) is 4.13. The number of hydrogen-bond acceptors (Lipinski definition) is 3. The van der Waals surface area contributed by atoms with Crippen LogP contribution in [0.5, 0.6) is 0 Å². The highest BCUT2D eigenvalue weighted by molar-refractivity contribution is 14.0. The van der Waals surface area contributed by atoms with Crippen LogP contribution in [0.1, 0.15) is 12.8 Å². The number of methoxy groups -OCH3 is 1. The van der Waals surface area contributed by atoms with E-state index in [1.165, 1.54) is 0 Å². The summed E-state index contributed by atoms with van der Waals surface area (Å²) in [5.41, 5.74) is 5.69. The monoisotopic (exact) mass is 394 g/mol. The molecule has 0 amide bonds. The molecule has 0 aliphatic rings. The van der Waals surface area contributed by atoms with Crippen LogP contribution < -0.4 is 16.6 Å². The maximum atomic E-state index is 11.4. The molecule has 0 aromatic carbocycles. The molecule has 0 spiro atoms. The summed E-state index contributed by atoms with van der Waals surface area (Å²) in [7, 11) is 1.64. The number of rotatable bonds is 8. The lowest BCUT2D eigenvalue weighted by Gasteiger charge is -2.05. The van der Waals surface area contributed by atoms with Crippen LogP contribution in [0.25, 0.3) is 0 Å². The molecule has 1 rings (SSSR count). The van der Waals surface area contributed by atoms with E-state index in [1.807, 2.05) is 6.07 Å². The van der Waals surface area contributed by atoms with Gasteiger partial charge >= 0.3 is 0 Å². The van der Waals surface area contributed by atoms with Crippen molar-refractivity contribution in [3.63, 3.8) is 0 Å². The SMILES string of the molecule is COCCNC(N)=NCCCCn1ccccc1=O.I. The fourth-order valence-corrected chi connectivity index (χ4v) is 1.58. The third kappa shape index (κ3) is 8.16. The van der Waals surface area contributed by atoms with E-state index in [4.69, 9.17) is 10.5 Å². The number of aryl methyl sites for hydroxylation is 1. The van der Waals surface area contributed by atoms with Crippen LogP contribution in [0.3, 0.4) is 0 Å². The predicted octanol–water partition coefficient (Wildman–Crippen LogP) is 0.797. The zero-order chi connectivity index (χ0) is 13.9. The first-order chi connectivity index (χ1) is 9.24. The molecule has 0 bridgehead atoms. The van der Waals surface area contributed by atoms with E-state index in [1.54, 1.807) is 30.0 Å². The van der Waals surface area contributed by atoms with Gasteiger partial charge in [-0.1, -0.05) is 6.07 Å². The average Bonchev–Trinajstić information content (AvgIpc) is 2.41. The number of nitrogens with two attached hydrogens (primary N) is 1. The minimum atomic E-state index is 0. The molecule has 1 aromatic heterocycles. The van der Waals surface area contributed by atoms with Gasteiger partial charge in [-0.3, -0.25) is 9.79 Å². The quantitative estimate of drug-likeness (QED) is 0.296. The van der Waals surface area contributed by atoms with Crippen molar-refractivity contribution in [2.45, 2.75) is 19.4 Å². The lowest BCUT2D eigenvalue weighted by atomic mass is 10.3. The topological polar surface area (TPSA) is 81.6 Å². The highest BCUT2D eigenvalue weighted by Gasteiger charge is 1.94. The lowest BCUT2D eigenvalue weighted by Crippen LogP contribution is -2.34. The van der Waals surface area contributed by atoms with Crippen LogP contribution >= 0.6 is 24.0 Å². The van der Waals surface area contributed by atoms with E-state index in [-0.39, 0.29) is 29.5 Å². The fourth-order valence-electron chi connectivity index (χ4n) is 1.58. The molecule has 1 heterocycles. The molecule has 7 heteroatoms. The number of nitrogens with one attached hydrogen (secondary N) is 1. The summed E-state index contributed by atoms with van der Waals surface area (Å²) < 4.78 is 6.59. The van der Waals surface area contributed by atoms with Gasteiger partial charge in [0.2, 0.25) is 5.56 Å². The molecule has 3 N–H and O–H groups in total. The third-order valence-electron chi connectivity index (χ3n) is 2.60. The van der Waals surface area contributed by atoms with E-state index in [2.05, 4.69) is 10.3 Å². The largest absolute Gasteiger partial charge is 0.383 e. The van der Waals surface area contributed by atoms with Crippen molar-refractivity contribution in [1.82, 2.24) is 9.88 Å². The Morgan fingerprint density at radius 1 is 1.45 bits per heavy atom. The van der Waals surface area contributed by atoms with Gasteiger partial charge in [-0.15, -0.1) is 24.0 Å². The second kappa shape index (κ2) is 11.7. The van der Waals surface area contributed by atoms with Crippen molar-refractivity contribution >= 4 is 29.9 Å². The van der Waals surface area contributed by atoms with Crippen LogP contribution in [-0.2, 0) is 11.3 Å². The molecule has 0 radical (unpaired) electrons. The van der Waals surface area contributed by atoms with Gasteiger partial charge in [0.05, 0.1) is 6.61 Å². The molecule has 0 unspecified atom stereocenters. The van der Waals surface area contributed by atoms with E-state index in [9.17, 15) is 4.79 Å². The summed E-state index contributed by atoms with van der Waals surface area (Å²) in [6.07, 6.45) is 3.60. The minimum absolute atomic E-state index is 0. The molecule has 0 aliphatic heterocycles. The van der Waals surface area contributed by atoms with Gasteiger partial charge in [-0.2, -0.15) is 0 Å². The van der Waals surface area contributed by atoms with Gasteiger partial charge in [0.25, 0.3) is 0 Å². The molecule has 1 aromatic rings. The van der Waals surface area contributed by atoms with Crippen molar-refractivity contribution in [3.05, 3.63) is 34.7 Å². The summed E-state index contributed by atoms with van der Waals surface area (Å²) in [6, 6.07) is 5.17. The van der Waals surface area contributed by atoms with Crippen LogP contribution in [0.15, 0.2) is 34.2 Å². The maximum Gasteiger partial charge on any atom is 0.250 e. The van der Waals surface area contributed by atoms with Crippen LogP contribution in [0.4, 0.5) is 0 Å². The molecule has 6 nitrogen and oxygen atoms in total. The van der Waals surface area contributed by atoms with Crippen LogP contribution in [-0.4, -0.2) is 37.3 Å². The smallest absolute Gasteiger partial charge is 0.250 e. The molecule has 0 saturated heterocycles. The standard InChI is InChI=1S/C13H22N4O2.HI/c1-19-11-8-16-13(14)15-7-3-5-10-17-9-4-2-6-12(17)18;/h2,4,6,9H,3,5,7-8,10-11H2,1H3,(H3,14,15,16);1H. The number of unbranched alkanes of at least 4 members (excludes halogenated alkanes) is 1. The molecule has 0 saturated carbocycles. The zero-order valence-electron chi connectivity index (χ0n) is 11.7. The Labute approximate surface area is 136 Å². The Hall–Kier alpha value is -1.09. The Morgan fingerprint density at radius 3 is 2.95 bits per heavy atom. The van der Waals surface area contributed by atoms with Gasteiger partial charge in [-0.25, -0.2) is 0 Å². The third-order valence-corrected chi connectivity index (χ3v) is 2.60. The van der Waals surface area contributed by atoms with Gasteiger partial charge in [0.15, 0.2) is 5.96 Å². The van der Waals surface area contributed by atoms with Crippen molar-refractivity contribution in [1.29, 1.82) is 0 Å². The lowest BCUT2D eigenvalue weighted by molar-refractivity contribution is 0.204. The number of nitrogens with zero attached hydrogens (tertiary/aromatic N) is 2. The fraction of sp³-hybridized carbons (Fsp3) is 0.538. The van der Waals surface area contributed by atoms with Crippen molar-refractivity contribution in [2.75, 3.05) is 26.8 Å². The number of halogens is 1. The molecule has 0 aliphatic carbocycles. The Morgan fingerprint density at radius 2 is 2.25 bits per heavy atom. The summed E-state index contributed by atoms with van der Waals surface area (Å²) in [4.78, 5) is 15.6. The number of ether oxygens (including phenoxy) is 1. The summed E-state index contributed by atoms with van der Waals surface area (Å²) >= 11 is 0. The summed E-state index contributed by atoms with van der Waals surface area (Å²) in [6.45, 7) is 2.64. The molecule has 20 heavy (non-hydrogen) atoms. The van der Waals surface area contributed by atoms with E-state index >= 15 is 0 Å². The average molecular weight is 394 g/mol. The minimum Gasteiger partial charge on any atom is -0.383 e. The number of aliphatic imine (C=N–C) groups is 1. The van der Waals surface area contributed by atoms with E-state index in [0.29, 0.717) is 32.2 Å². The number of pyridine rings is 1. The number of aromatic nitrogens is 1. The van der Waals surface area contributed by atoms with Crippen molar-refractivity contribution in [3.8, 4) is 0 Å². The van der Waals surface area contributed by atoms with Crippen molar-refractivity contribution < 1.29 is 4.74 Å². The Kier molecular flexibility index (Phi) is 11.1. The number of hydrogen-bond donors (Lipinski definition) is 2. The van der Waals surface area contributed by atoms with Crippen molar-refractivity contribution in [2.24, 2.45) is 10.7 Å². The second-order valence-corrected chi connectivity index (χ2v) is 4.13. The van der Waals surface area contributed by atoms with E-state index in [0.717, 1.165) is 12.8 Å². The molecule has 0 atom stereocenters. The van der Waals surface area contributed by atoms with Crippen LogP contribution in [0, 0.1) is 0 Å². The summed E-state index contributed by atoms with van der Waals surface area (Å²) in [5.74, 6) is 0.439. The van der Waals surface area contributed by atoms with Gasteiger partial charge in [-0.05, 0) is 18.9 Å². The van der Waals surface area contributed by atoms with E-state index < -0.39 is 0 Å². The molecule has 114 valence electrons. The Bertz CT molecular complexity index is 448. The molecular formula is C13H23IN4O2. The first kappa shape index (κ1) is 18.9. The normalized spacial score (nSPS) is 10.9. The van der Waals surface area contributed by atoms with Gasteiger partial charge in [0.1, 0.15) is 0 Å². The van der Waals surface area contributed by atoms with Crippen LogP contribution in [0.2, 0.25) is 0 Å². The first-order valence-electron chi connectivity index (χ1n) is 6.42. The molecular weight excluding hydrogens is 371 g/mol. The van der Waals surface area contributed by atoms with Gasteiger partial charge < -0.3 is 20.4 Å². The number of guanidine groups is 1. The zero-order valence-corrected chi connectivity index (χ0v) is 14.1. The Balaban J connectivity index is 0.00000361. The predicted molar refractivity (Wildman–Crippen MR) is 91.7 cm³/mol.